The Morgan fingerprint density at radius 3 is 1.80 bits per heavy atom. The Bertz CT molecular complexity index is 115. The Kier molecular flexibility index (Phi) is 2.94. The van der Waals surface area contributed by atoms with Crippen LogP contribution in [0.2, 0.25) is 0 Å². The monoisotopic (exact) mass is 152 g/mol. The van der Waals surface area contributed by atoms with E-state index in [9.17, 15) is 13.2 Å². The van der Waals surface area contributed by atoms with Crippen molar-refractivity contribution in [2.75, 3.05) is 0 Å². The molecule has 0 aliphatic heterocycles. The third-order valence-corrected chi connectivity index (χ3v) is 1.68. The second kappa shape index (κ2) is 3.08. The lowest BCUT2D eigenvalue weighted by Crippen LogP contribution is -2.24. The maximum Gasteiger partial charge on any atom is 0.392 e. The van der Waals surface area contributed by atoms with E-state index < -0.39 is 18.0 Å². The number of rotatable bonds is 2. The first-order valence-corrected chi connectivity index (χ1v) is 3.09. The molecule has 0 aromatic rings. The molecule has 0 N–H and O–H groups in total. The lowest BCUT2D eigenvalue weighted by atomic mass is 9.96. The Balaban J connectivity index is 4.07. The summed E-state index contributed by atoms with van der Waals surface area (Å²) in [5.74, 6) is -1.79. The first kappa shape index (κ1) is 9.53. The zero-order chi connectivity index (χ0) is 8.36. The van der Waals surface area contributed by atoms with Gasteiger partial charge in [-0.15, -0.1) is 6.58 Å². The SMILES string of the molecule is C=CC(C)C(C)C(F)(F)F. The second-order valence-electron chi connectivity index (χ2n) is 2.43. The molecule has 0 aliphatic carbocycles. The fourth-order valence-corrected chi connectivity index (χ4v) is 0.502. The molecule has 0 amide bonds. The Morgan fingerprint density at radius 1 is 1.30 bits per heavy atom. The average Bonchev–Trinajstić information content (AvgIpc) is 1.83. The van der Waals surface area contributed by atoms with Crippen LogP contribution in [0, 0.1) is 11.8 Å². The van der Waals surface area contributed by atoms with Crippen LogP contribution >= 0.6 is 0 Å². The quantitative estimate of drug-likeness (QED) is 0.533. The van der Waals surface area contributed by atoms with Crippen molar-refractivity contribution in [2.45, 2.75) is 20.0 Å². The third kappa shape index (κ3) is 2.42. The average molecular weight is 152 g/mol. The minimum absolute atomic E-state index is 0.500. The Labute approximate surface area is 58.7 Å². The van der Waals surface area contributed by atoms with Crippen LogP contribution in [0.1, 0.15) is 13.8 Å². The molecule has 60 valence electrons. The van der Waals surface area contributed by atoms with Crippen LogP contribution < -0.4 is 0 Å². The van der Waals surface area contributed by atoms with Crippen LogP contribution in [-0.2, 0) is 0 Å². The van der Waals surface area contributed by atoms with Crippen LogP contribution in [-0.4, -0.2) is 6.18 Å². The maximum absolute atomic E-state index is 11.8. The summed E-state index contributed by atoms with van der Waals surface area (Å²) in [5.41, 5.74) is 0. The molecule has 0 aliphatic rings. The van der Waals surface area contributed by atoms with E-state index in [2.05, 4.69) is 6.58 Å². The van der Waals surface area contributed by atoms with Crippen molar-refractivity contribution in [3.63, 3.8) is 0 Å². The molecule has 0 aromatic carbocycles. The zero-order valence-corrected chi connectivity index (χ0v) is 6.07. The molecule has 0 bridgehead atoms. The van der Waals surface area contributed by atoms with Crippen LogP contribution in [0.5, 0.6) is 0 Å². The normalized spacial score (nSPS) is 18.1. The van der Waals surface area contributed by atoms with Gasteiger partial charge in [0.2, 0.25) is 0 Å². The Hall–Kier alpha value is -0.470. The number of halogens is 3. The molecule has 2 unspecified atom stereocenters. The van der Waals surface area contributed by atoms with Gasteiger partial charge in [0.15, 0.2) is 0 Å². The number of hydrogen-bond acceptors (Lipinski definition) is 0. The summed E-state index contributed by atoms with van der Waals surface area (Å²) in [4.78, 5) is 0. The van der Waals surface area contributed by atoms with E-state index in [0.29, 0.717) is 0 Å². The maximum atomic E-state index is 11.8. The summed E-state index contributed by atoms with van der Waals surface area (Å²) in [7, 11) is 0. The minimum Gasteiger partial charge on any atom is -0.171 e. The van der Waals surface area contributed by atoms with Gasteiger partial charge in [0.1, 0.15) is 0 Å². The van der Waals surface area contributed by atoms with Crippen molar-refractivity contribution in [3.8, 4) is 0 Å². The number of hydrogen-bond donors (Lipinski definition) is 0. The van der Waals surface area contributed by atoms with Crippen LogP contribution in [0.25, 0.3) is 0 Å². The second-order valence-corrected chi connectivity index (χ2v) is 2.43. The van der Waals surface area contributed by atoms with E-state index in [1.165, 1.54) is 13.0 Å². The van der Waals surface area contributed by atoms with E-state index in [-0.39, 0.29) is 0 Å². The first-order valence-electron chi connectivity index (χ1n) is 3.09. The smallest absolute Gasteiger partial charge is 0.171 e. The summed E-state index contributed by atoms with van der Waals surface area (Å²) in [6.07, 6.45) is -2.77. The fourth-order valence-electron chi connectivity index (χ4n) is 0.502. The van der Waals surface area contributed by atoms with Gasteiger partial charge in [-0.3, -0.25) is 0 Å². The van der Waals surface area contributed by atoms with E-state index in [1.807, 2.05) is 0 Å². The van der Waals surface area contributed by atoms with Gasteiger partial charge in [0.25, 0.3) is 0 Å². The highest BCUT2D eigenvalue weighted by atomic mass is 19.4. The lowest BCUT2D eigenvalue weighted by Gasteiger charge is -2.19. The van der Waals surface area contributed by atoms with Crippen LogP contribution in [0.15, 0.2) is 12.7 Å². The van der Waals surface area contributed by atoms with Gasteiger partial charge in [-0.2, -0.15) is 13.2 Å². The van der Waals surface area contributed by atoms with Gasteiger partial charge in [-0.25, -0.2) is 0 Å². The molecular weight excluding hydrogens is 141 g/mol. The summed E-state index contributed by atoms with van der Waals surface area (Å²) in [6, 6.07) is 0. The molecule has 0 radical (unpaired) electrons. The molecule has 0 spiro atoms. The van der Waals surface area contributed by atoms with Gasteiger partial charge in [0, 0.05) is 0 Å². The van der Waals surface area contributed by atoms with E-state index in [0.717, 1.165) is 6.92 Å². The predicted octanol–water partition coefficient (Wildman–Crippen LogP) is 3.01. The molecule has 2 atom stereocenters. The highest BCUT2D eigenvalue weighted by Crippen LogP contribution is 2.31. The minimum atomic E-state index is -4.09. The summed E-state index contributed by atoms with van der Waals surface area (Å²) in [6.45, 7) is 5.96. The predicted molar refractivity (Wildman–Crippen MR) is 34.6 cm³/mol. The molecule has 10 heavy (non-hydrogen) atoms. The lowest BCUT2D eigenvalue weighted by molar-refractivity contribution is -0.177. The summed E-state index contributed by atoms with van der Waals surface area (Å²) >= 11 is 0. The van der Waals surface area contributed by atoms with E-state index >= 15 is 0 Å². The summed E-state index contributed by atoms with van der Waals surface area (Å²) < 4.78 is 35.5. The van der Waals surface area contributed by atoms with Crippen molar-refractivity contribution in [3.05, 3.63) is 12.7 Å². The molecule has 0 saturated carbocycles. The van der Waals surface area contributed by atoms with Crippen molar-refractivity contribution in [1.29, 1.82) is 0 Å². The van der Waals surface area contributed by atoms with Crippen molar-refractivity contribution in [1.82, 2.24) is 0 Å². The van der Waals surface area contributed by atoms with Gasteiger partial charge in [0.05, 0.1) is 5.92 Å². The molecule has 0 heterocycles. The Morgan fingerprint density at radius 2 is 1.70 bits per heavy atom. The topological polar surface area (TPSA) is 0 Å². The van der Waals surface area contributed by atoms with E-state index in [1.54, 1.807) is 0 Å². The molecular formula is C7H11F3. The molecule has 0 aromatic heterocycles. The molecule has 3 heteroatoms. The van der Waals surface area contributed by atoms with E-state index in [4.69, 9.17) is 0 Å². The standard InChI is InChI=1S/C7H11F3/c1-4-5(2)6(3)7(8,9)10/h4-6H,1H2,2-3H3. The van der Waals surface area contributed by atoms with Gasteiger partial charge in [-0.05, 0) is 5.92 Å². The number of alkyl halides is 3. The molecule has 0 saturated heterocycles. The van der Waals surface area contributed by atoms with Crippen LogP contribution in [0.3, 0.4) is 0 Å². The van der Waals surface area contributed by atoms with Gasteiger partial charge >= 0.3 is 6.18 Å². The van der Waals surface area contributed by atoms with Crippen molar-refractivity contribution >= 4 is 0 Å². The highest BCUT2D eigenvalue weighted by Gasteiger charge is 2.38. The van der Waals surface area contributed by atoms with Crippen molar-refractivity contribution < 1.29 is 13.2 Å². The largest absolute Gasteiger partial charge is 0.392 e. The van der Waals surface area contributed by atoms with Gasteiger partial charge in [-0.1, -0.05) is 19.9 Å². The highest BCUT2D eigenvalue weighted by molar-refractivity contribution is 4.82. The van der Waals surface area contributed by atoms with Crippen LogP contribution in [0.4, 0.5) is 13.2 Å². The zero-order valence-electron chi connectivity index (χ0n) is 6.07. The number of allylic oxidation sites excluding steroid dienone is 1. The molecule has 0 fully saturated rings. The first-order chi connectivity index (χ1) is 4.39. The summed E-state index contributed by atoms with van der Waals surface area (Å²) in [5, 5.41) is 0. The molecule has 0 rings (SSSR count). The van der Waals surface area contributed by atoms with Crippen molar-refractivity contribution in [2.24, 2.45) is 11.8 Å². The molecule has 0 nitrogen and oxygen atoms in total. The van der Waals surface area contributed by atoms with Gasteiger partial charge < -0.3 is 0 Å². The third-order valence-electron chi connectivity index (χ3n) is 1.68. The fraction of sp³-hybridized carbons (Fsp3) is 0.714.